The second-order valence-electron chi connectivity index (χ2n) is 4.80. The highest BCUT2D eigenvalue weighted by Gasteiger charge is 2.04. The average molecular weight is 426 g/mol. The van der Waals surface area contributed by atoms with Gasteiger partial charge < -0.3 is 0 Å². The van der Waals surface area contributed by atoms with E-state index < -0.39 is 0 Å². The fourth-order valence-electron chi connectivity index (χ4n) is 1.96. The summed E-state index contributed by atoms with van der Waals surface area (Å²) in [5.41, 5.74) is 3.00. The Kier molecular flexibility index (Phi) is 5.59. The minimum atomic E-state index is 0.569. The summed E-state index contributed by atoms with van der Waals surface area (Å²) in [6.07, 6.45) is 0. The van der Waals surface area contributed by atoms with Crippen molar-refractivity contribution in [1.29, 1.82) is 0 Å². The van der Waals surface area contributed by atoms with Gasteiger partial charge in [0.2, 0.25) is 0 Å². The molecule has 1 aromatic heterocycles. The van der Waals surface area contributed by atoms with E-state index in [4.69, 9.17) is 23.2 Å². The molecule has 0 N–H and O–H groups in total. The fraction of sp³-hybridized carbons (Fsp3) is 0.0588. The van der Waals surface area contributed by atoms with E-state index in [0.717, 1.165) is 32.1 Å². The first-order valence-electron chi connectivity index (χ1n) is 6.78. The Morgan fingerprint density at radius 2 is 1.65 bits per heavy atom. The highest BCUT2D eigenvalue weighted by Crippen LogP contribution is 2.27. The summed E-state index contributed by atoms with van der Waals surface area (Å²) < 4.78 is 1.04. The van der Waals surface area contributed by atoms with Crippen molar-refractivity contribution in [2.24, 2.45) is 0 Å². The van der Waals surface area contributed by atoms with Crippen LogP contribution in [-0.4, -0.2) is 10.2 Å². The number of halogens is 3. The molecule has 6 heteroatoms. The van der Waals surface area contributed by atoms with Crippen LogP contribution >= 0.6 is 50.9 Å². The molecule has 0 aliphatic rings. The molecule has 0 spiro atoms. The van der Waals surface area contributed by atoms with Gasteiger partial charge in [0.15, 0.2) is 0 Å². The number of hydrogen-bond acceptors (Lipinski definition) is 3. The number of thioether (sulfide) groups is 1. The van der Waals surface area contributed by atoms with Gasteiger partial charge in [0.25, 0.3) is 0 Å². The van der Waals surface area contributed by atoms with E-state index in [2.05, 4.69) is 26.1 Å². The van der Waals surface area contributed by atoms with Crippen LogP contribution in [0.5, 0.6) is 0 Å². The standard InChI is InChI=1S/C17H11BrCl2N2S/c18-13-4-2-12(3-5-13)16-7-8-17(22-21-16)23-10-11-1-6-14(19)15(20)9-11/h1-9H,10H2. The molecule has 0 bridgehead atoms. The van der Waals surface area contributed by atoms with Crippen molar-refractivity contribution >= 4 is 50.9 Å². The van der Waals surface area contributed by atoms with Gasteiger partial charge in [-0.15, -0.1) is 10.2 Å². The largest absolute Gasteiger partial charge is 0.149 e. The molecule has 2 nitrogen and oxygen atoms in total. The van der Waals surface area contributed by atoms with Crippen LogP contribution in [0.25, 0.3) is 11.3 Å². The van der Waals surface area contributed by atoms with Gasteiger partial charge in [-0.3, -0.25) is 0 Å². The summed E-state index contributed by atoms with van der Waals surface area (Å²) in [6, 6.07) is 17.6. The van der Waals surface area contributed by atoms with Crippen LogP contribution in [0.1, 0.15) is 5.56 Å². The monoisotopic (exact) mass is 424 g/mol. The van der Waals surface area contributed by atoms with Crippen molar-refractivity contribution in [3.63, 3.8) is 0 Å². The first-order valence-corrected chi connectivity index (χ1v) is 9.32. The minimum Gasteiger partial charge on any atom is -0.149 e. The molecule has 0 saturated heterocycles. The third-order valence-electron chi connectivity index (χ3n) is 3.15. The van der Waals surface area contributed by atoms with E-state index in [-0.39, 0.29) is 0 Å². The van der Waals surface area contributed by atoms with Crippen LogP contribution in [0, 0.1) is 0 Å². The Morgan fingerprint density at radius 1 is 0.870 bits per heavy atom. The third-order valence-corrected chi connectivity index (χ3v) is 5.41. The van der Waals surface area contributed by atoms with E-state index in [0.29, 0.717) is 10.0 Å². The predicted octanol–water partition coefficient (Wildman–Crippen LogP) is 6.51. The second kappa shape index (κ2) is 7.67. The third kappa shape index (κ3) is 4.48. The molecule has 0 atom stereocenters. The topological polar surface area (TPSA) is 25.8 Å². The van der Waals surface area contributed by atoms with Gasteiger partial charge in [-0.2, -0.15) is 0 Å². The zero-order valence-electron chi connectivity index (χ0n) is 11.8. The highest BCUT2D eigenvalue weighted by molar-refractivity contribution is 9.10. The van der Waals surface area contributed by atoms with E-state index >= 15 is 0 Å². The molecule has 0 aliphatic heterocycles. The first kappa shape index (κ1) is 16.8. The van der Waals surface area contributed by atoms with Crippen LogP contribution in [0.15, 0.2) is 64.1 Å². The van der Waals surface area contributed by atoms with E-state index in [1.165, 1.54) is 0 Å². The molecule has 0 unspecified atom stereocenters. The minimum absolute atomic E-state index is 0.569. The zero-order valence-corrected chi connectivity index (χ0v) is 15.8. The SMILES string of the molecule is Clc1ccc(CSc2ccc(-c3ccc(Br)cc3)nn2)cc1Cl. The van der Waals surface area contributed by atoms with Gasteiger partial charge in [-0.25, -0.2) is 0 Å². The van der Waals surface area contributed by atoms with Crippen molar-refractivity contribution < 1.29 is 0 Å². The van der Waals surface area contributed by atoms with E-state index in [1.54, 1.807) is 11.8 Å². The number of benzene rings is 2. The molecule has 23 heavy (non-hydrogen) atoms. The molecule has 0 amide bonds. The molecule has 116 valence electrons. The van der Waals surface area contributed by atoms with E-state index in [1.807, 2.05) is 54.6 Å². The van der Waals surface area contributed by atoms with Gasteiger partial charge in [-0.05, 0) is 42.0 Å². The summed E-state index contributed by atoms with van der Waals surface area (Å²) in [5.74, 6) is 0.767. The molecule has 0 aliphatic carbocycles. The Balaban J connectivity index is 1.67. The summed E-state index contributed by atoms with van der Waals surface area (Å²) in [5, 5.41) is 10.6. The lowest BCUT2D eigenvalue weighted by Gasteiger charge is -2.04. The smallest absolute Gasteiger partial charge is 0.119 e. The fourth-order valence-corrected chi connectivity index (χ4v) is 3.30. The van der Waals surface area contributed by atoms with Gasteiger partial charge in [0, 0.05) is 15.8 Å². The summed E-state index contributed by atoms with van der Waals surface area (Å²) in [4.78, 5) is 0. The lowest BCUT2D eigenvalue weighted by Crippen LogP contribution is -1.90. The van der Waals surface area contributed by atoms with Crippen molar-refractivity contribution in [2.75, 3.05) is 0 Å². The van der Waals surface area contributed by atoms with Crippen molar-refractivity contribution in [1.82, 2.24) is 10.2 Å². The van der Waals surface area contributed by atoms with Crippen molar-refractivity contribution in [2.45, 2.75) is 10.8 Å². The van der Waals surface area contributed by atoms with Gasteiger partial charge in [-0.1, -0.05) is 69.1 Å². The van der Waals surface area contributed by atoms with E-state index in [9.17, 15) is 0 Å². The number of nitrogens with zero attached hydrogens (tertiary/aromatic N) is 2. The lowest BCUT2D eigenvalue weighted by molar-refractivity contribution is 0.935. The molecule has 1 heterocycles. The Bertz CT molecular complexity index is 808. The van der Waals surface area contributed by atoms with Crippen LogP contribution in [-0.2, 0) is 5.75 Å². The molecule has 0 radical (unpaired) electrons. The maximum Gasteiger partial charge on any atom is 0.119 e. The molecule has 0 saturated carbocycles. The van der Waals surface area contributed by atoms with Crippen LogP contribution in [0.2, 0.25) is 10.0 Å². The van der Waals surface area contributed by atoms with Crippen molar-refractivity contribution in [3.8, 4) is 11.3 Å². The molecule has 0 fully saturated rings. The Hall–Kier alpha value is -1.07. The van der Waals surface area contributed by atoms with Crippen LogP contribution < -0.4 is 0 Å². The summed E-state index contributed by atoms with van der Waals surface area (Å²) >= 11 is 17.0. The molecule has 3 aromatic rings. The average Bonchev–Trinajstić information content (AvgIpc) is 2.57. The summed E-state index contributed by atoms with van der Waals surface area (Å²) in [6.45, 7) is 0. The highest BCUT2D eigenvalue weighted by atomic mass is 79.9. The van der Waals surface area contributed by atoms with Gasteiger partial charge >= 0.3 is 0 Å². The summed E-state index contributed by atoms with van der Waals surface area (Å²) in [7, 11) is 0. The first-order chi connectivity index (χ1) is 11.1. The molecule has 2 aromatic carbocycles. The number of aromatic nitrogens is 2. The van der Waals surface area contributed by atoms with Gasteiger partial charge in [0.1, 0.15) is 5.03 Å². The second-order valence-corrected chi connectivity index (χ2v) is 7.53. The zero-order chi connectivity index (χ0) is 16.2. The number of rotatable bonds is 4. The molecular formula is C17H11BrCl2N2S. The Labute approximate surface area is 157 Å². The normalized spacial score (nSPS) is 10.7. The van der Waals surface area contributed by atoms with Gasteiger partial charge in [0.05, 0.1) is 15.7 Å². The predicted molar refractivity (Wildman–Crippen MR) is 101 cm³/mol. The maximum atomic E-state index is 6.02. The maximum absolute atomic E-state index is 6.02. The van der Waals surface area contributed by atoms with Crippen LogP contribution in [0.4, 0.5) is 0 Å². The quantitative estimate of drug-likeness (QED) is 0.445. The molecular weight excluding hydrogens is 415 g/mol. The van der Waals surface area contributed by atoms with Crippen LogP contribution in [0.3, 0.4) is 0 Å². The number of hydrogen-bond donors (Lipinski definition) is 0. The molecule has 3 rings (SSSR count). The Morgan fingerprint density at radius 3 is 2.30 bits per heavy atom. The van der Waals surface area contributed by atoms with Crippen molar-refractivity contribution in [3.05, 3.63) is 74.7 Å². The lowest BCUT2D eigenvalue weighted by atomic mass is 10.1.